The number of hydrogen-bond acceptors (Lipinski definition) is 8. The molecule has 0 radical (unpaired) electrons. The monoisotopic (exact) mass is 542 g/mol. The van der Waals surface area contributed by atoms with Gasteiger partial charge >= 0.3 is 6.18 Å². The lowest BCUT2D eigenvalue weighted by molar-refractivity contribution is -0.144. The highest BCUT2D eigenvalue weighted by atomic mass is 19.4. The summed E-state index contributed by atoms with van der Waals surface area (Å²) in [7, 11) is 1.40. The van der Waals surface area contributed by atoms with Gasteiger partial charge in [0.2, 0.25) is 0 Å². The number of nitrogens with zero attached hydrogens (tertiary/aromatic N) is 5. The summed E-state index contributed by atoms with van der Waals surface area (Å²) in [6, 6.07) is 6.45. The Morgan fingerprint density at radius 2 is 2.08 bits per heavy atom. The molecule has 10 nitrogen and oxygen atoms in total. The van der Waals surface area contributed by atoms with Crippen molar-refractivity contribution in [1.82, 2.24) is 30.2 Å². The van der Waals surface area contributed by atoms with Crippen LogP contribution in [-0.2, 0) is 12.7 Å². The maximum absolute atomic E-state index is 14.2. The van der Waals surface area contributed by atoms with E-state index in [0.717, 1.165) is 25.5 Å². The molecule has 0 spiro atoms. The van der Waals surface area contributed by atoms with Gasteiger partial charge in [0.05, 0.1) is 48.3 Å². The van der Waals surface area contributed by atoms with Crippen LogP contribution in [0.2, 0.25) is 0 Å². The maximum Gasteiger partial charge on any atom is 0.433 e. The molecule has 13 heteroatoms. The Kier molecular flexibility index (Phi) is 7.08. The predicted octanol–water partition coefficient (Wildman–Crippen LogP) is 4.35. The van der Waals surface area contributed by atoms with Crippen molar-refractivity contribution in [2.75, 3.05) is 7.11 Å². The number of aliphatic hydroxyl groups excluding tert-OH is 1. The fourth-order valence-electron chi connectivity index (χ4n) is 4.51. The number of amides is 1. The van der Waals surface area contributed by atoms with E-state index in [0.29, 0.717) is 10.2 Å². The van der Waals surface area contributed by atoms with Gasteiger partial charge in [-0.15, -0.1) is 0 Å². The number of ether oxygens (including phenoxy) is 1. The van der Waals surface area contributed by atoms with E-state index in [4.69, 9.17) is 9.26 Å². The summed E-state index contributed by atoms with van der Waals surface area (Å²) in [6.45, 7) is 0.978. The normalized spacial score (nSPS) is 14.6. The van der Waals surface area contributed by atoms with Gasteiger partial charge in [-0.05, 0) is 44.4 Å². The minimum atomic E-state index is -4.83. The Morgan fingerprint density at radius 3 is 2.69 bits per heavy atom. The van der Waals surface area contributed by atoms with Gasteiger partial charge in [-0.2, -0.15) is 18.3 Å². The molecule has 0 aliphatic heterocycles. The van der Waals surface area contributed by atoms with Gasteiger partial charge in [-0.1, -0.05) is 11.2 Å². The average molecular weight is 543 g/mol. The molecular weight excluding hydrogens is 517 g/mol. The molecule has 39 heavy (non-hydrogen) atoms. The molecule has 0 saturated heterocycles. The van der Waals surface area contributed by atoms with Crippen LogP contribution in [0.5, 0.6) is 5.75 Å². The summed E-state index contributed by atoms with van der Waals surface area (Å²) in [5, 5.41) is 20.7. The minimum absolute atomic E-state index is 0.0834. The third kappa shape index (κ3) is 5.09. The highest BCUT2D eigenvalue weighted by Gasteiger charge is 2.41. The Bertz CT molecular complexity index is 1480. The van der Waals surface area contributed by atoms with E-state index in [1.807, 2.05) is 0 Å². The van der Waals surface area contributed by atoms with Crippen LogP contribution in [-0.4, -0.2) is 55.2 Å². The number of halogens is 3. The molecule has 2 N–H and O–H groups in total. The largest absolute Gasteiger partial charge is 0.495 e. The zero-order valence-electron chi connectivity index (χ0n) is 21.1. The van der Waals surface area contributed by atoms with Crippen molar-refractivity contribution >= 4 is 5.91 Å². The van der Waals surface area contributed by atoms with Crippen molar-refractivity contribution in [3.8, 4) is 39.6 Å². The van der Waals surface area contributed by atoms with Gasteiger partial charge in [-0.3, -0.25) is 9.48 Å². The molecule has 1 saturated carbocycles. The van der Waals surface area contributed by atoms with Crippen LogP contribution in [0.25, 0.3) is 33.8 Å². The second kappa shape index (κ2) is 10.5. The fourth-order valence-corrected chi connectivity index (χ4v) is 4.51. The smallest absolute Gasteiger partial charge is 0.433 e. The molecule has 4 aromatic rings. The van der Waals surface area contributed by atoms with Gasteiger partial charge in [0, 0.05) is 17.8 Å². The first-order chi connectivity index (χ1) is 18.7. The van der Waals surface area contributed by atoms with Crippen LogP contribution in [0.3, 0.4) is 0 Å². The number of alkyl halides is 3. The van der Waals surface area contributed by atoms with E-state index in [1.54, 1.807) is 18.2 Å². The van der Waals surface area contributed by atoms with Crippen molar-refractivity contribution in [2.24, 2.45) is 0 Å². The molecule has 3 heterocycles. The number of carbonyl (C=O) groups is 1. The average Bonchev–Trinajstić information content (AvgIpc) is 3.50. The Hall–Kier alpha value is -4.26. The minimum Gasteiger partial charge on any atom is -0.495 e. The van der Waals surface area contributed by atoms with Crippen LogP contribution in [0.4, 0.5) is 13.2 Å². The molecule has 1 fully saturated rings. The van der Waals surface area contributed by atoms with E-state index >= 15 is 0 Å². The van der Waals surface area contributed by atoms with Crippen LogP contribution in [0.1, 0.15) is 42.2 Å². The van der Waals surface area contributed by atoms with Crippen LogP contribution < -0.4 is 10.1 Å². The van der Waals surface area contributed by atoms with Gasteiger partial charge < -0.3 is 19.7 Å². The van der Waals surface area contributed by atoms with E-state index in [9.17, 15) is 23.1 Å². The third-order valence-corrected chi connectivity index (χ3v) is 6.48. The number of benzene rings is 1. The van der Waals surface area contributed by atoms with Crippen LogP contribution >= 0.6 is 0 Å². The molecule has 5 rings (SSSR count). The lowest BCUT2D eigenvalue weighted by atomic mass is 9.92. The SMILES string of the molecule is COc1c(C(=O)NC2CCC2)cccc1-c1noc(-c2cnn(C[C@@H](C)O)c2C(F)(F)F)c1-c1ccncn1. The van der Waals surface area contributed by atoms with E-state index < -0.39 is 18.0 Å². The summed E-state index contributed by atoms with van der Waals surface area (Å²) < 4.78 is 54.6. The lowest BCUT2D eigenvalue weighted by Gasteiger charge is -2.26. The van der Waals surface area contributed by atoms with Crippen molar-refractivity contribution in [3.05, 3.63) is 54.2 Å². The lowest BCUT2D eigenvalue weighted by Crippen LogP contribution is -2.39. The van der Waals surface area contributed by atoms with Gasteiger partial charge in [-0.25, -0.2) is 9.97 Å². The Balaban J connectivity index is 1.70. The predicted molar refractivity (Wildman–Crippen MR) is 133 cm³/mol. The van der Waals surface area contributed by atoms with Gasteiger partial charge in [0.15, 0.2) is 11.5 Å². The Morgan fingerprint density at radius 1 is 1.28 bits per heavy atom. The third-order valence-electron chi connectivity index (χ3n) is 6.48. The molecule has 1 aliphatic rings. The highest BCUT2D eigenvalue weighted by Crippen LogP contribution is 2.46. The summed E-state index contributed by atoms with van der Waals surface area (Å²) >= 11 is 0. The standard InChI is InChI=1S/C26H25F3N6O4/c1-14(36)12-35-24(26(27,28)29)18(11-32-35)23-20(19-9-10-30-13-31-19)21(34-39-23)16-7-4-8-17(22(16)38-2)25(37)33-15-5-3-6-15/h4,7-11,13-15,36H,3,5-6,12H2,1-2H3,(H,33,37)/t14-/m1/s1. The summed E-state index contributed by atoms with van der Waals surface area (Å²) in [5.74, 6) is -0.381. The zero-order valence-corrected chi connectivity index (χ0v) is 21.1. The Labute approximate surface area is 220 Å². The summed E-state index contributed by atoms with van der Waals surface area (Å²) in [5.41, 5.74) is -0.424. The number of rotatable bonds is 8. The molecule has 1 amide bonds. The topological polar surface area (TPSA) is 128 Å². The fraction of sp³-hybridized carbons (Fsp3) is 0.346. The van der Waals surface area contributed by atoms with Crippen LogP contribution in [0, 0.1) is 0 Å². The number of methoxy groups -OCH3 is 1. The van der Waals surface area contributed by atoms with Crippen molar-refractivity contribution in [3.63, 3.8) is 0 Å². The number of para-hydroxylation sites is 1. The molecular formula is C26H25F3N6O4. The van der Waals surface area contributed by atoms with E-state index in [2.05, 4.69) is 25.5 Å². The van der Waals surface area contributed by atoms with Crippen LogP contribution in [0.15, 0.2) is 47.5 Å². The molecule has 1 atom stereocenters. The second-order valence-electron chi connectivity index (χ2n) is 9.25. The number of aromatic nitrogens is 5. The van der Waals surface area contributed by atoms with E-state index in [1.165, 1.54) is 32.6 Å². The number of hydrogen-bond donors (Lipinski definition) is 2. The summed E-state index contributed by atoms with van der Waals surface area (Å²) in [4.78, 5) is 21.2. The molecule has 1 aliphatic carbocycles. The van der Waals surface area contributed by atoms with Crippen molar-refractivity contribution < 1.29 is 32.3 Å². The number of nitrogens with one attached hydrogen (secondary N) is 1. The van der Waals surface area contributed by atoms with Gasteiger partial charge in [0.1, 0.15) is 17.8 Å². The highest BCUT2D eigenvalue weighted by molar-refractivity contribution is 6.01. The number of carbonyl (C=O) groups excluding carboxylic acids is 1. The van der Waals surface area contributed by atoms with E-state index in [-0.39, 0.29) is 58.1 Å². The first kappa shape index (κ1) is 26.4. The van der Waals surface area contributed by atoms with Crippen molar-refractivity contribution in [2.45, 2.75) is 51.1 Å². The molecule has 0 bridgehead atoms. The quantitative estimate of drug-likeness (QED) is 0.336. The summed E-state index contributed by atoms with van der Waals surface area (Å²) in [6.07, 6.45) is 0.614. The molecule has 0 unspecified atom stereocenters. The first-order valence-corrected chi connectivity index (χ1v) is 12.2. The molecule has 204 valence electrons. The maximum atomic E-state index is 14.2. The molecule has 3 aromatic heterocycles. The zero-order chi connectivity index (χ0) is 27.7. The van der Waals surface area contributed by atoms with Crippen molar-refractivity contribution in [1.29, 1.82) is 0 Å². The first-order valence-electron chi connectivity index (χ1n) is 12.2. The molecule has 1 aromatic carbocycles. The second-order valence-corrected chi connectivity index (χ2v) is 9.25. The number of aliphatic hydroxyl groups is 1. The van der Waals surface area contributed by atoms with Gasteiger partial charge in [0.25, 0.3) is 5.91 Å².